The van der Waals surface area contributed by atoms with Gasteiger partial charge in [0.15, 0.2) is 0 Å². The minimum absolute atomic E-state index is 0.313. The molecule has 0 saturated heterocycles. The van der Waals surface area contributed by atoms with E-state index in [-0.39, 0.29) is 0 Å². The third-order valence-corrected chi connectivity index (χ3v) is 14.0. The number of carbonyl (C=O) groups is 2. The van der Waals surface area contributed by atoms with Crippen molar-refractivity contribution in [1.29, 1.82) is 0 Å². The van der Waals surface area contributed by atoms with E-state index >= 15 is 0 Å². The molecule has 0 aliphatic heterocycles. The monoisotopic (exact) mass is 860 g/mol. The van der Waals surface area contributed by atoms with Gasteiger partial charge >= 0.3 is 0 Å². The molecule has 0 radical (unpaired) electrons. The fourth-order valence-electron chi connectivity index (χ4n) is 9.67. The molecule has 61 heavy (non-hydrogen) atoms. The number of aliphatic hydroxyl groups is 1. The van der Waals surface area contributed by atoms with Crippen LogP contribution in [0.3, 0.4) is 0 Å². The van der Waals surface area contributed by atoms with Crippen LogP contribution in [0.1, 0.15) is 317 Å². The Bertz CT molecular complexity index is 875. The summed E-state index contributed by atoms with van der Waals surface area (Å²) in [5, 5.41) is 9.36. The molecule has 0 heterocycles. The Morgan fingerprint density at radius 2 is 0.541 bits per heavy atom. The molecule has 0 aliphatic rings. The molecule has 1 N–H and O–H groups in total. The molecular weight excluding hydrogens is 747 g/mol. The summed E-state index contributed by atoms with van der Waals surface area (Å²) in [5.74, 6) is 1.83. The molecule has 0 saturated carbocycles. The standard InChI is InChI=1S/C57H113NO3/c1-5-9-13-17-28-36-46-54(44-34-16-12-8-4)56(60)48-38-30-23-19-21-25-32-40-50-58(52-42-43-53-59)51-41-33-26-22-20-24-31-39-49-57(61)55(45-35-27-15-11-7-3)47-37-29-18-14-10-6-2/h54-55,59H,5-53H2,1-4H3. The van der Waals surface area contributed by atoms with Crippen LogP contribution < -0.4 is 0 Å². The summed E-state index contributed by atoms with van der Waals surface area (Å²) in [7, 11) is 0. The van der Waals surface area contributed by atoms with Crippen molar-refractivity contribution in [2.24, 2.45) is 11.8 Å². The number of nitrogens with zero attached hydrogens (tertiary/aromatic N) is 1. The molecule has 0 fully saturated rings. The second-order valence-corrected chi connectivity index (χ2v) is 19.9. The van der Waals surface area contributed by atoms with E-state index in [0.717, 1.165) is 70.8 Å². The quantitative estimate of drug-likeness (QED) is 0.0619. The number of hydrogen-bond acceptors (Lipinski definition) is 4. The van der Waals surface area contributed by atoms with Gasteiger partial charge < -0.3 is 10.0 Å². The second-order valence-electron chi connectivity index (χ2n) is 19.9. The summed E-state index contributed by atoms with van der Waals surface area (Å²) in [4.78, 5) is 29.1. The molecule has 4 nitrogen and oxygen atoms in total. The van der Waals surface area contributed by atoms with Crippen molar-refractivity contribution in [3.63, 3.8) is 0 Å². The molecule has 0 aliphatic carbocycles. The molecule has 364 valence electrons. The highest BCUT2D eigenvalue weighted by molar-refractivity contribution is 5.81. The van der Waals surface area contributed by atoms with Crippen LogP contribution in [-0.4, -0.2) is 47.8 Å². The highest BCUT2D eigenvalue weighted by Gasteiger charge is 2.18. The van der Waals surface area contributed by atoms with Crippen LogP contribution in [-0.2, 0) is 9.59 Å². The molecule has 2 atom stereocenters. The Hall–Kier alpha value is -0.740. The van der Waals surface area contributed by atoms with Crippen molar-refractivity contribution in [3.05, 3.63) is 0 Å². The summed E-state index contributed by atoms with van der Waals surface area (Å²) in [6.45, 7) is 13.0. The Labute approximate surface area is 384 Å². The van der Waals surface area contributed by atoms with Crippen LogP contribution in [0.5, 0.6) is 0 Å². The Morgan fingerprint density at radius 1 is 0.311 bits per heavy atom. The summed E-state index contributed by atoms with van der Waals surface area (Å²) in [6.07, 6.45) is 56.3. The molecule has 0 aromatic rings. The van der Waals surface area contributed by atoms with Crippen molar-refractivity contribution in [1.82, 2.24) is 4.90 Å². The van der Waals surface area contributed by atoms with Crippen molar-refractivity contribution in [3.8, 4) is 0 Å². The fourth-order valence-corrected chi connectivity index (χ4v) is 9.67. The van der Waals surface area contributed by atoms with Crippen molar-refractivity contribution < 1.29 is 14.7 Å². The number of carbonyl (C=O) groups excluding carboxylic acids is 2. The van der Waals surface area contributed by atoms with E-state index in [9.17, 15) is 14.7 Å². The number of ketones is 2. The molecule has 0 aromatic heterocycles. The van der Waals surface area contributed by atoms with Gasteiger partial charge in [0.05, 0.1) is 0 Å². The molecule has 0 amide bonds. The van der Waals surface area contributed by atoms with Gasteiger partial charge in [0.1, 0.15) is 11.6 Å². The van der Waals surface area contributed by atoms with E-state index in [1.54, 1.807) is 0 Å². The predicted molar refractivity (Wildman–Crippen MR) is 271 cm³/mol. The van der Waals surface area contributed by atoms with Gasteiger partial charge in [-0.05, 0) is 83.8 Å². The number of unbranched alkanes of at least 4 members (excludes halogenated alkanes) is 32. The van der Waals surface area contributed by atoms with E-state index in [4.69, 9.17) is 0 Å². The summed E-state index contributed by atoms with van der Waals surface area (Å²) in [6, 6.07) is 0. The SMILES string of the molecule is CCCCCCCCC(CCCCCC)C(=O)CCCCCCCCCCN(CCCCO)CCCCCCCCCCC(=O)C(CCCCCCC)CCCCCCCC. The van der Waals surface area contributed by atoms with Gasteiger partial charge in [0.25, 0.3) is 0 Å². The first kappa shape index (κ1) is 60.3. The third-order valence-electron chi connectivity index (χ3n) is 14.0. The highest BCUT2D eigenvalue weighted by atomic mass is 16.3. The summed E-state index contributed by atoms with van der Waals surface area (Å²) < 4.78 is 0. The topological polar surface area (TPSA) is 57.6 Å². The second kappa shape index (κ2) is 50.3. The first-order valence-corrected chi connectivity index (χ1v) is 28.4. The first-order chi connectivity index (χ1) is 30.0. The van der Waals surface area contributed by atoms with Crippen LogP contribution >= 0.6 is 0 Å². The van der Waals surface area contributed by atoms with Crippen LogP contribution in [0.2, 0.25) is 0 Å². The Balaban J connectivity index is 4.15. The largest absolute Gasteiger partial charge is 0.396 e. The van der Waals surface area contributed by atoms with Crippen molar-refractivity contribution in [2.45, 2.75) is 317 Å². The van der Waals surface area contributed by atoms with Crippen LogP contribution in [0.4, 0.5) is 0 Å². The first-order valence-electron chi connectivity index (χ1n) is 28.4. The van der Waals surface area contributed by atoms with Gasteiger partial charge in [-0.1, -0.05) is 240 Å². The maximum absolute atomic E-state index is 13.2. The van der Waals surface area contributed by atoms with Gasteiger partial charge in [-0.3, -0.25) is 9.59 Å². The lowest BCUT2D eigenvalue weighted by Crippen LogP contribution is -2.27. The maximum Gasteiger partial charge on any atom is 0.135 e. The van der Waals surface area contributed by atoms with Gasteiger partial charge in [-0.25, -0.2) is 0 Å². The lowest BCUT2D eigenvalue weighted by molar-refractivity contribution is -0.124. The predicted octanol–water partition coefficient (Wildman–Crippen LogP) is 18.3. The number of rotatable bonds is 53. The van der Waals surface area contributed by atoms with Gasteiger partial charge in [0.2, 0.25) is 0 Å². The molecule has 0 bridgehead atoms. The number of hydrogen-bond donors (Lipinski definition) is 1. The summed E-state index contributed by atoms with van der Waals surface area (Å²) >= 11 is 0. The molecular formula is C57H113NO3. The average Bonchev–Trinajstić information content (AvgIpc) is 3.26. The Morgan fingerprint density at radius 3 is 0.836 bits per heavy atom. The summed E-state index contributed by atoms with van der Waals surface area (Å²) in [5.41, 5.74) is 0. The van der Waals surface area contributed by atoms with E-state index in [1.807, 2.05) is 0 Å². The van der Waals surface area contributed by atoms with Crippen LogP contribution in [0.15, 0.2) is 0 Å². The van der Waals surface area contributed by atoms with Crippen LogP contribution in [0, 0.1) is 11.8 Å². The normalized spacial score (nSPS) is 12.8. The van der Waals surface area contributed by atoms with E-state index in [2.05, 4.69) is 32.6 Å². The number of Topliss-reactive ketones (excluding diaryl/α,β-unsaturated/α-hetero) is 2. The lowest BCUT2D eigenvalue weighted by atomic mass is 9.88. The third kappa shape index (κ3) is 42.9. The smallest absolute Gasteiger partial charge is 0.135 e. The maximum atomic E-state index is 13.2. The van der Waals surface area contributed by atoms with E-state index < -0.39 is 0 Å². The van der Waals surface area contributed by atoms with Crippen molar-refractivity contribution >= 4 is 11.6 Å². The van der Waals surface area contributed by atoms with E-state index in [1.165, 1.54) is 238 Å². The van der Waals surface area contributed by atoms with Gasteiger partial charge in [0, 0.05) is 31.3 Å². The van der Waals surface area contributed by atoms with Crippen LogP contribution in [0.25, 0.3) is 0 Å². The number of aliphatic hydroxyl groups excluding tert-OH is 1. The molecule has 2 unspecified atom stereocenters. The zero-order valence-electron chi connectivity index (χ0n) is 42.5. The molecule has 0 rings (SSSR count). The van der Waals surface area contributed by atoms with Gasteiger partial charge in [-0.2, -0.15) is 0 Å². The van der Waals surface area contributed by atoms with E-state index in [0.29, 0.717) is 30.0 Å². The molecule has 0 aromatic carbocycles. The molecule has 0 spiro atoms. The highest BCUT2D eigenvalue weighted by Crippen LogP contribution is 2.24. The van der Waals surface area contributed by atoms with Gasteiger partial charge in [-0.15, -0.1) is 0 Å². The van der Waals surface area contributed by atoms with Crippen molar-refractivity contribution in [2.75, 3.05) is 26.2 Å². The lowest BCUT2D eigenvalue weighted by Gasteiger charge is -2.22. The molecule has 4 heteroatoms. The zero-order valence-corrected chi connectivity index (χ0v) is 42.5. The Kier molecular flexibility index (Phi) is 49.7. The fraction of sp³-hybridized carbons (Fsp3) is 0.965. The average molecular weight is 861 g/mol. The minimum Gasteiger partial charge on any atom is -0.396 e. The zero-order chi connectivity index (χ0) is 44.5. The minimum atomic E-state index is 0.313.